The van der Waals surface area contributed by atoms with Gasteiger partial charge in [-0.3, -0.25) is 4.79 Å². The summed E-state index contributed by atoms with van der Waals surface area (Å²) >= 11 is 5.88. The van der Waals surface area contributed by atoms with E-state index in [9.17, 15) is 4.79 Å². The van der Waals surface area contributed by atoms with Crippen LogP contribution in [0.1, 0.15) is 6.92 Å². The zero-order valence-electron chi connectivity index (χ0n) is 11.8. The van der Waals surface area contributed by atoms with Crippen LogP contribution >= 0.6 is 11.6 Å². The molecule has 6 heteroatoms. The zero-order valence-corrected chi connectivity index (χ0v) is 12.6. The summed E-state index contributed by atoms with van der Waals surface area (Å²) in [6.07, 6.45) is -0.667. The number of benzene rings is 2. The second-order valence-corrected chi connectivity index (χ2v) is 5.21. The van der Waals surface area contributed by atoms with Crippen molar-refractivity contribution in [1.29, 1.82) is 0 Å². The standard InChI is InChI=1S/C16H14ClNO4/c1-10(16(19)18-12-4-2-3-11(17)7-12)22-13-5-6-14-15(8-13)21-9-20-14/h2-8,10H,9H2,1H3,(H,18,19)/t10-/m0/s1. The van der Waals surface area contributed by atoms with Crippen LogP contribution in [-0.2, 0) is 4.79 Å². The Morgan fingerprint density at radius 3 is 2.86 bits per heavy atom. The first-order chi connectivity index (χ1) is 10.6. The normalized spacial score (nSPS) is 13.5. The average molecular weight is 320 g/mol. The quantitative estimate of drug-likeness (QED) is 0.937. The molecular weight excluding hydrogens is 306 g/mol. The number of carbonyl (C=O) groups is 1. The van der Waals surface area contributed by atoms with Gasteiger partial charge in [0.25, 0.3) is 5.91 Å². The lowest BCUT2D eigenvalue weighted by Crippen LogP contribution is -2.30. The highest BCUT2D eigenvalue weighted by molar-refractivity contribution is 6.30. The third-order valence-corrected chi connectivity index (χ3v) is 3.35. The molecule has 2 aromatic carbocycles. The van der Waals surface area contributed by atoms with Crippen LogP contribution in [0, 0.1) is 0 Å². The number of nitrogens with one attached hydrogen (secondary N) is 1. The maximum Gasteiger partial charge on any atom is 0.265 e. The number of fused-ring (bicyclic) bond motifs is 1. The van der Waals surface area contributed by atoms with Crippen molar-refractivity contribution < 1.29 is 19.0 Å². The van der Waals surface area contributed by atoms with E-state index < -0.39 is 6.10 Å². The van der Waals surface area contributed by atoms with Crippen LogP contribution in [0.3, 0.4) is 0 Å². The minimum absolute atomic E-state index is 0.198. The number of rotatable bonds is 4. The number of hydrogen-bond acceptors (Lipinski definition) is 4. The highest BCUT2D eigenvalue weighted by Gasteiger charge is 2.18. The smallest absolute Gasteiger partial charge is 0.265 e. The molecule has 1 aliphatic heterocycles. The highest BCUT2D eigenvalue weighted by Crippen LogP contribution is 2.35. The molecule has 1 atom stereocenters. The third-order valence-electron chi connectivity index (χ3n) is 3.12. The zero-order chi connectivity index (χ0) is 15.5. The van der Waals surface area contributed by atoms with Crippen molar-refractivity contribution in [2.45, 2.75) is 13.0 Å². The molecule has 3 rings (SSSR count). The van der Waals surface area contributed by atoms with E-state index in [2.05, 4.69) is 5.32 Å². The molecule has 1 heterocycles. The molecule has 0 aromatic heterocycles. The van der Waals surface area contributed by atoms with E-state index in [0.717, 1.165) is 0 Å². The number of amides is 1. The summed E-state index contributed by atoms with van der Waals surface area (Å²) in [5.74, 6) is 1.56. The van der Waals surface area contributed by atoms with Gasteiger partial charge in [-0.1, -0.05) is 17.7 Å². The molecule has 0 bridgehead atoms. The third kappa shape index (κ3) is 3.26. The van der Waals surface area contributed by atoms with Gasteiger partial charge in [0.1, 0.15) is 5.75 Å². The molecule has 1 amide bonds. The lowest BCUT2D eigenvalue weighted by molar-refractivity contribution is -0.122. The molecule has 114 valence electrons. The lowest BCUT2D eigenvalue weighted by Gasteiger charge is -2.15. The molecule has 22 heavy (non-hydrogen) atoms. The second kappa shape index (κ2) is 6.15. The fraction of sp³-hybridized carbons (Fsp3) is 0.188. The van der Waals surface area contributed by atoms with E-state index in [1.807, 2.05) is 0 Å². The van der Waals surface area contributed by atoms with Crippen molar-refractivity contribution in [2.75, 3.05) is 12.1 Å². The van der Waals surface area contributed by atoms with Crippen LogP contribution in [0.5, 0.6) is 17.2 Å². The summed E-state index contributed by atoms with van der Waals surface area (Å²) in [5.41, 5.74) is 0.624. The van der Waals surface area contributed by atoms with E-state index in [4.69, 9.17) is 25.8 Å². The molecule has 2 aromatic rings. The predicted molar refractivity (Wildman–Crippen MR) is 82.7 cm³/mol. The predicted octanol–water partition coefficient (Wildman–Crippen LogP) is 3.47. The van der Waals surface area contributed by atoms with Crippen molar-refractivity contribution in [1.82, 2.24) is 0 Å². The van der Waals surface area contributed by atoms with Crippen molar-refractivity contribution in [3.63, 3.8) is 0 Å². The molecule has 0 saturated heterocycles. The van der Waals surface area contributed by atoms with Crippen LogP contribution in [0.4, 0.5) is 5.69 Å². The number of halogens is 1. The van der Waals surface area contributed by atoms with Crippen LogP contribution in [-0.4, -0.2) is 18.8 Å². The maximum absolute atomic E-state index is 12.1. The Balaban J connectivity index is 1.63. The van der Waals surface area contributed by atoms with Gasteiger partial charge in [-0.15, -0.1) is 0 Å². The van der Waals surface area contributed by atoms with Crippen LogP contribution in [0.15, 0.2) is 42.5 Å². The summed E-state index contributed by atoms with van der Waals surface area (Å²) < 4.78 is 16.1. The van der Waals surface area contributed by atoms with Crippen LogP contribution in [0.2, 0.25) is 5.02 Å². The summed E-state index contributed by atoms with van der Waals surface area (Å²) in [5, 5.41) is 3.31. The summed E-state index contributed by atoms with van der Waals surface area (Å²) in [4.78, 5) is 12.1. The molecular formula is C16H14ClNO4. The number of anilines is 1. The number of hydrogen-bond donors (Lipinski definition) is 1. The van der Waals surface area contributed by atoms with Gasteiger partial charge in [-0.2, -0.15) is 0 Å². The molecule has 1 aliphatic rings. The Kier molecular flexibility index (Phi) is 4.06. The minimum Gasteiger partial charge on any atom is -0.481 e. The van der Waals surface area contributed by atoms with Crippen molar-refractivity contribution in [3.05, 3.63) is 47.5 Å². The molecule has 5 nitrogen and oxygen atoms in total. The number of carbonyl (C=O) groups excluding carboxylic acids is 1. The Bertz CT molecular complexity index is 704. The minimum atomic E-state index is -0.667. The first kappa shape index (κ1) is 14.5. The molecule has 0 saturated carbocycles. The average Bonchev–Trinajstić information content (AvgIpc) is 2.94. The first-order valence-corrected chi connectivity index (χ1v) is 7.12. The molecule has 0 spiro atoms. The van der Waals surface area contributed by atoms with Crippen LogP contribution < -0.4 is 19.5 Å². The van der Waals surface area contributed by atoms with Gasteiger partial charge < -0.3 is 19.5 Å². The molecule has 0 unspecified atom stereocenters. The second-order valence-electron chi connectivity index (χ2n) is 4.77. The van der Waals surface area contributed by atoms with Crippen LogP contribution in [0.25, 0.3) is 0 Å². The Hall–Kier alpha value is -2.40. The van der Waals surface area contributed by atoms with E-state index in [-0.39, 0.29) is 12.7 Å². The van der Waals surface area contributed by atoms with Crippen molar-refractivity contribution in [2.24, 2.45) is 0 Å². The van der Waals surface area contributed by atoms with E-state index in [1.54, 1.807) is 49.4 Å². The fourth-order valence-corrected chi connectivity index (χ4v) is 2.21. The topological polar surface area (TPSA) is 56.8 Å². The molecule has 0 aliphatic carbocycles. The lowest BCUT2D eigenvalue weighted by atomic mass is 10.2. The Labute approximate surface area is 132 Å². The van der Waals surface area contributed by atoms with E-state index in [1.165, 1.54) is 0 Å². The number of ether oxygens (including phenoxy) is 3. The largest absolute Gasteiger partial charge is 0.481 e. The van der Waals surface area contributed by atoms with Gasteiger partial charge in [-0.25, -0.2) is 0 Å². The first-order valence-electron chi connectivity index (χ1n) is 6.74. The summed E-state index contributed by atoms with van der Waals surface area (Å²) in [6.45, 7) is 1.87. The van der Waals surface area contributed by atoms with Gasteiger partial charge in [0.2, 0.25) is 6.79 Å². The Morgan fingerprint density at radius 1 is 1.23 bits per heavy atom. The SMILES string of the molecule is C[C@H](Oc1ccc2c(c1)OCO2)C(=O)Nc1cccc(Cl)c1. The molecule has 1 N–H and O–H groups in total. The van der Waals surface area contributed by atoms with Crippen molar-refractivity contribution >= 4 is 23.2 Å². The van der Waals surface area contributed by atoms with E-state index in [0.29, 0.717) is 28.0 Å². The monoisotopic (exact) mass is 319 g/mol. The molecule has 0 fully saturated rings. The maximum atomic E-state index is 12.1. The summed E-state index contributed by atoms with van der Waals surface area (Å²) in [7, 11) is 0. The van der Waals surface area contributed by atoms with Crippen molar-refractivity contribution in [3.8, 4) is 17.2 Å². The van der Waals surface area contributed by atoms with Gasteiger partial charge in [-0.05, 0) is 37.3 Å². The molecule has 0 radical (unpaired) electrons. The van der Waals surface area contributed by atoms with Gasteiger partial charge in [0.05, 0.1) is 0 Å². The highest BCUT2D eigenvalue weighted by atomic mass is 35.5. The van der Waals surface area contributed by atoms with Gasteiger partial charge in [0.15, 0.2) is 17.6 Å². The summed E-state index contributed by atoms with van der Waals surface area (Å²) in [6, 6.07) is 12.1. The fourth-order valence-electron chi connectivity index (χ4n) is 2.02. The Morgan fingerprint density at radius 2 is 2.05 bits per heavy atom. The van der Waals surface area contributed by atoms with Gasteiger partial charge in [0, 0.05) is 16.8 Å². The van der Waals surface area contributed by atoms with E-state index >= 15 is 0 Å². The van der Waals surface area contributed by atoms with Gasteiger partial charge >= 0.3 is 0 Å².